The van der Waals surface area contributed by atoms with Gasteiger partial charge in [-0.2, -0.15) is 0 Å². The fraction of sp³-hybridized carbons (Fsp3) is 0.455. The summed E-state index contributed by atoms with van der Waals surface area (Å²) in [6.07, 6.45) is -0.534. The van der Waals surface area contributed by atoms with Gasteiger partial charge in [0.05, 0.1) is 12.1 Å². The third-order valence-corrected chi connectivity index (χ3v) is 2.52. The lowest BCUT2D eigenvalue weighted by molar-refractivity contribution is 0.0979. The Labute approximate surface area is 102 Å². The predicted octanol–water partition coefficient (Wildman–Crippen LogP) is 2.78. The molecule has 4 heteroatoms. The SMILES string of the molecule is CC(C)[C@H](O)[C@H](N)c1cccc(Cl)c1.Cl. The second-order valence-electron chi connectivity index (χ2n) is 3.82. The van der Waals surface area contributed by atoms with Crippen molar-refractivity contribution in [3.8, 4) is 0 Å². The van der Waals surface area contributed by atoms with Gasteiger partial charge in [-0.1, -0.05) is 37.6 Å². The number of aliphatic hydroxyl groups is 1. The number of benzene rings is 1. The van der Waals surface area contributed by atoms with E-state index in [0.29, 0.717) is 5.02 Å². The van der Waals surface area contributed by atoms with Crippen LogP contribution in [0, 0.1) is 5.92 Å². The van der Waals surface area contributed by atoms with Gasteiger partial charge in [-0.15, -0.1) is 12.4 Å². The number of hydrogen-bond donors (Lipinski definition) is 2. The molecule has 0 spiro atoms. The summed E-state index contributed by atoms with van der Waals surface area (Å²) in [4.78, 5) is 0. The second kappa shape index (κ2) is 6.33. The van der Waals surface area contributed by atoms with E-state index in [4.69, 9.17) is 17.3 Å². The molecule has 0 heterocycles. The molecular formula is C11H17Cl2NO. The van der Waals surface area contributed by atoms with Crippen molar-refractivity contribution in [3.63, 3.8) is 0 Å². The van der Waals surface area contributed by atoms with Gasteiger partial charge < -0.3 is 10.8 Å². The Balaban J connectivity index is 0.00000196. The van der Waals surface area contributed by atoms with Crippen LogP contribution in [0.25, 0.3) is 0 Å². The smallest absolute Gasteiger partial charge is 0.0755 e. The average Bonchev–Trinajstić information content (AvgIpc) is 2.15. The minimum Gasteiger partial charge on any atom is -0.391 e. The van der Waals surface area contributed by atoms with E-state index in [1.54, 1.807) is 12.1 Å². The zero-order valence-electron chi connectivity index (χ0n) is 8.85. The van der Waals surface area contributed by atoms with E-state index >= 15 is 0 Å². The highest BCUT2D eigenvalue weighted by Crippen LogP contribution is 2.21. The number of hydrogen-bond acceptors (Lipinski definition) is 2. The molecule has 0 aliphatic carbocycles. The number of nitrogens with two attached hydrogens (primary N) is 1. The Morgan fingerprint density at radius 3 is 2.40 bits per heavy atom. The Morgan fingerprint density at radius 1 is 1.33 bits per heavy atom. The predicted molar refractivity (Wildman–Crippen MR) is 66.5 cm³/mol. The van der Waals surface area contributed by atoms with E-state index in [0.717, 1.165) is 5.56 Å². The second-order valence-corrected chi connectivity index (χ2v) is 4.25. The highest BCUT2D eigenvalue weighted by Gasteiger charge is 2.19. The molecule has 0 aliphatic heterocycles. The minimum absolute atomic E-state index is 0. The lowest BCUT2D eigenvalue weighted by Crippen LogP contribution is -2.30. The normalized spacial score (nSPS) is 14.5. The topological polar surface area (TPSA) is 46.2 Å². The molecular weight excluding hydrogens is 233 g/mol. The van der Waals surface area contributed by atoms with Crippen LogP contribution in [0.2, 0.25) is 5.02 Å². The Kier molecular flexibility index (Phi) is 6.22. The van der Waals surface area contributed by atoms with Crippen LogP contribution in [0.1, 0.15) is 25.5 Å². The molecule has 0 aliphatic rings. The van der Waals surface area contributed by atoms with Crippen LogP contribution in [-0.2, 0) is 0 Å². The van der Waals surface area contributed by atoms with E-state index in [1.165, 1.54) is 0 Å². The van der Waals surface area contributed by atoms with Gasteiger partial charge in [-0.05, 0) is 23.6 Å². The van der Waals surface area contributed by atoms with Crippen LogP contribution in [-0.4, -0.2) is 11.2 Å². The van der Waals surface area contributed by atoms with E-state index in [2.05, 4.69) is 0 Å². The van der Waals surface area contributed by atoms with Gasteiger partial charge in [0.2, 0.25) is 0 Å². The zero-order valence-corrected chi connectivity index (χ0v) is 10.4. The third-order valence-electron chi connectivity index (χ3n) is 2.28. The number of rotatable bonds is 3. The molecule has 0 unspecified atom stereocenters. The molecule has 0 saturated heterocycles. The summed E-state index contributed by atoms with van der Waals surface area (Å²) >= 11 is 5.84. The highest BCUT2D eigenvalue weighted by molar-refractivity contribution is 6.30. The average molecular weight is 250 g/mol. The molecule has 0 radical (unpaired) electrons. The summed E-state index contributed by atoms with van der Waals surface area (Å²) < 4.78 is 0. The van der Waals surface area contributed by atoms with Crippen molar-refractivity contribution in [1.82, 2.24) is 0 Å². The number of aliphatic hydroxyl groups excluding tert-OH is 1. The first-order chi connectivity index (χ1) is 6.52. The van der Waals surface area contributed by atoms with E-state index in [-0.39, 0.29) is 24.4 Å². The molecule has 2 atom stereocenters. The van der Waals surface area contributed by atoms with Crippen LogP contribution in [0.5, 0.6) is 0 Å². The maximum Gasteiger partial charge on any atom is 0.0755 e. The molecule has 1 rings (SSSR count). The van der Waals surface area contributed by atoms with E-state index < -0.39 is 6.10 Å². The quantitative estimate of drug-likeness (QED) is 0.866. The molecule has 0 aromatic heterocycles. The Hall–Kier alpha value is -0.280. The first-order valence-electron chi connectivity index (χ1n) is 4.71. The molecule has 0 amide bonds. The van der Waals surface area contributed by atoms with Gasteiger partial charge in [0.15, 0.2) is 0 Å². The third kappa shape index (κ3) is 3.99. The molecule has 3 N–H and O–H groups in total. The summed E-state index contributed by atoms with van der Waals surface area (Å²) in [6, 6.07) is 6.93. The van der Waals surface area contributed by atoms with Crippen molar-refractivity contribution in [2.75, 3.05) is 0 Å². The fourth-order valence-corrected chi connectivity index (χ4v) is 1.52. The molecule has 0 saturated carbocycles. The van der Waals surface area contributed by atoms with Gasteiger partial charge in [0.1, 0.15) is 0 Å². The molecule has 1 aromatic carbocycles. The first kappa shape index (κ1) is 14.7. The zero-order chi connectivity index (χ0) is 10.7. The van der Waals surface area contributed by atoms with Crippen LogP contribution >= 0.6 is 24.0 Å². The highest BCUT2D eigenvalue weighted by atomic mass is 35.5. The van der Waals surface area contributed by atoms with Crippen molar-refractivity contribution in [3.05, 3.63) is 34.9 Å². The van der Waals surface area contributed by atoms with Crippen LogP contribution in [0.3, 0.4) is 0 Å². The maximum atomic E-state index is 9.77. The van der Waals surface area contributed by atoms with Crippen molar-refractivity contribution in [2.24, 2.45) is 11.7 Å². The van der Waals surface area contributed by atoms with Gasteiger partial charge in [-0.25, -0.2) is 0 Å². The van der Waals surface area contributed by atoms with Gasteiger partial charge in [0, 0.05) is 5.02 Å². The molecule has 86 valence electrons. The van der Waals surface area contributed by atoms with Crippen molar-refractivity contribution in [1.29, 1.82) is 0 Å². The number of halogens is 2. The largest absolute Gasteiger partial charge is 0.391 e. The van der Waals surface area contributed by atoms with E-state index in [9.17, 15) is 5.11 Å². The van der Waals surface area contributed by atoms with Gasteiger partial charge in [0.25, 0.3) is 0 Å². The Bertz CT molecular complexity index is 304. The molecule has 0 fully saturated rings. The molecule has 2 nitrogen and oxygen atoms in total. The van der Waals surface area contributed by atoms with E-state index in [1.807, 2.05) is 26.0 Å². The standard InChI is InChI=1S/C11H16ClNO.ClH/c1-7(2)11(14)10(13)8-4-3-5-9(12)6-8;/h3-7,10-11,14H,13H2,1-2H3;1H/t10-,11+;/m1./s1. The monoisotopic (exact) mass is 249 g/mol. The summed E-state index contributed by atoms with van der Waals surface area (Å²) in [5.74, 6) is 0.143. The minimum atomic E-state index is -0.534. The van der Waals surface area contributed by atoms with Crippen LogP contribution in [0.4, 0.5) is 0 Å². The fourth-order valence-electron chi connectivity index (χ4n) is 1.33. The van der Waals surface area contributed by atoms with Gasteiger partial charge in [-0.3, -0.25) is 0 Å². The van der Waals surface area contributed by atoms with Crippen LogP contribution < -0.4 is 5.73 Å². The maximum absolute atomic E-state index is 9.77. The van der Waals surface area contributed by atoms with Crippen LogP contribution in [0.15, 0.2) is 24.3 Å². The van der Waals surface area contributed by atoms with Crippen molar-refractivity contribution in [2.45, 2.75) is 26.0 Å². The molecule has 0 bridgehead atoms. The lowest BCUT2D eigenvalue weighted by atomic mass is 9.95. The summed E-state index contributed by atoms with van der Waals surface area (Å²) in [7, 11) is 0. The lowest BCUT2D eigenvalue weighted by Gasteiger charge is -2.22. The summed E-state index contributed by atoms with van der Waals surface area (Å²) in [6.45, 7) is 3.88. The van der Waals surface area contributed by atoms with Crippen molar-refractivity contribution >= 4 is 24.0 Å². The van der Waals surface area contributed by atoms with Crippen molar-refractivity contribution < 1.29 is 5.11 Å². The molecule has 1 aromatic rings. The summed E-state index contributed by atoms with van der Waals surface area (Å²) in [5.41, 5.74) is 6.77. The summed E-state index contributed by atoms with van der Waals surface area (Å²) in [5, 5.41) is 10.4. The first-order valence-corrected chi connectivity index (χ1v) is 5.09. The molecule has 15 heavy (non-hydrogen) atoms. The Morgan fingerprint density at radius 2 is 1.93 bits per heavy atom. The van der Waals surface area contributed by atoms with Gasteiger partial charge >= 0.3 is 0 Å².